The van der Waals surface area contributed by atoms with E-state index in [2.05, 4.69) is 4.90 Å². The zero-order valence-electron chi connectivity index (χ0n) is 22.3. The van der Waals surface area contributed by atoms with Gasteiger partial charge in [-0.1, -0.05) is 44.9 Å². The number of likely N-dealkylation sites (tertiary alicyclic amines) is 1. The number of methoxy groups -OCH3 is 1. The van der Waals surface area contributed by atoms with Crippen LogP contribution in [0.4, 0.5) is 0 Å². The number of unbranched alkanes of at least 4 members (excludes halogenated alkanes) is 2. The third-order valence-electron chi connectivity index (χ3n) is 7.55. The molecule has 38 heavy (non-hydrogen) atoms. The maximum absolute atomic E-state index is 13.0. The predicted molar refractivity (Wildman–Crippen MR) is 144 cm³/mol. The molecule has 0 radical (unpaired) electrons. The second kappa shape index (κ2) is 12.4. The van der Waals surface area contributed by atoms with Gasteiger partial charge in [-0.3, -0.25) is 9.69 Å². The summed E-state index contributed by atoms with van der Waals surface area (Å²) in [5.41, 5.74) is 1.72. The normalized spacial score (nSPS) is 21.2. The molecule has 2 aliphatic rings. The molecule has 0 spiro atoms. The molecule has 9 nitrogen and oxygen atoms in total. The molecule has 3 atom stereocenters. The van der Waals surface area contributed by atoms with Crippen LogP contribution in [-0.2, 0) is 14.8 Å². The Hall–Kier alpha value is -2.82. The van der Waals surface area contributed by atoms with E-state index in [-0.39, 0.29) is 18.5 Å². The van der Waals surface area contributed by atoms with Crippen molar-refractivity contribution in [2.75, 3.05) is 45.8 Å². The molecule has 1 fully saturated rings. The molecular weight excluding hydrogens is 508 g/mol. The Kier molecular flexibility index (Phi) is 9.17. The summed E-state index contributed by atoms with van der Waals surface area (Å²) in [5.74, 6) is 0.137. The van der Waals surface area contributed by atoms with Crippen LogP contribution < -0.4 is 14.2 Å². The number of fused-ring (bicyclic) bond motifs is 1. The number of aliphatic carboxylic acids is 1. The molecule has 0 aromatic heterocycles. The van der Waals surface area contributed by atoms with Crippen molar-refractivity contribution < 1.29 is 32.5 Å². The van der Waals surface area contributed by atoms with Crippen molar-refractivity contribution in [3.05, 3.63) is 53.6 Å². The summed E-state index contributed by atoms with van der Waals surface area (Å²) < 4.78 is 43.8. The van der Waals surface area contributed by atoms with Crippen molar-refractivity contribution >= 4 is 16.0 Å². The van der Waals surface area contributed by atoms with Crippen molar-refractivity contribution in [2.45, 2.75) is 45.1 Å². The van der Waals surface area contributed by atoms with Gasteiger partial charge in [-0.25, -0.2) is 12.7 Å². The van der Waals surface area contributed by atoms with E-state index in [1.165, 1.54) is 4.31 Å². The maximum atomic E-state index is 13.0. The van der Waals surface area contributed by atoms with Gasteiger partial charge < -0.3 is 19.3 Å². The number of nitrogens with zero attached hydrogens (tertiary/aromatic N) is 2. The number of benzene rings is 2. The van der Waals surface area contributed by atoms with Crippen LogP contribution in [0.5, 0.6) is 17.2 Å². The second-order valence-corrected chi connectivity index (χ2v) is 11.9. The van der Waals surface area contributed by atoms with E-state index in [0.717, 1.165) is 24.0 Å². The number of ether oxygens (including phenoxy) is 3. The molecule has 1 unspecified atom stereocenters. The molecular formula is C28H38N2O7S. The molecule has 1 saturated heterocycles. The smallest absolute Gasteiger partial charge is 0.309 e. The third kappa shape index (κ3) is 6.08. The Morgan fingerprint density at radius 2 is 1.79 bits per heavy atom. The van der Waals surface area contributed by atoms with Gasteiger partial charge in [-0.2, -0.15) is 0 Å². The van der Waals surface area contributed by atoms with E-state index < -0.39 is 28.0 Å². The minimum Gasteiger partial charge on any atom is -0.497 e. The number of hydrogen-bond donors (Lipinski definition) is 1. The van der Waals surface area contributed by atoms with Gasteiger partial charge in [0.15, 0.2) is 11.5 Å². The Balaban J connectivity index is 1.63. The van der Waals surface area contributed by atoms with Gasteiger partial charge in [0, 0.05) is 38.1 Å². The predicted octanol–water partition coefficient (Wildman–Crippen LogP) is 4.11. The van der Waals surface area contributed by atoms with Gasteiger partial charge in [0.1, 0.15) is 5.75 Å². The highest BCUT2D eigenvalue weighted by Crippen LogP contribution is 2.47. The van der Waals surface area contributed by atoms with E-state index >= 15 is 0 Å². The van der Waals surface area contributed by atoms with Crippen LogP contribution in [0.2, 0.25) is 0 Å². The molecule has 0 aliphatic carbocycles. The lowest BCUT2D eigenvalue weighted by atomic mass is 9.82. The summed E-state index contributed by atoms with van der Waals surface area (Å²) in [5, 5.41) is 10.4. The zero-order valence-corrected chi connectivity index (χ0v) is 23.2. The quantitative estimate of drug-likeness (QED) is 0.374. The van der Waals surface area contributed by atoms with Crippen LogP contribution in [0.15, 0.2) is 42.5 Å². The standard InChI is InChI=1S/C28H38N2O7S/c1-4-6-7-16-38(33,34)30(5-2)15-14-29-18-23(21-10-13-24-25(17-21)37-19-36-24)26(28(31)32)27(29)20-8-11-22(35-3)12-9-20/h8-13,17,23,26-27H,4-7,14-16,18-19H2,1-3H3,(H,31,32)/t23?,26-,27+/m0/s1. The summed E-state index contributed by atoms with van der Waals surface area (Å²) in [6, 6.07) is 12.6. The zero-order chi connectivity index (χ0) is 27.3. The molecule has 208 valence electrons. The van der Waals surface area contributed by atoms with Crippen LogP contribution in [0.3, 0.4) is 0 Å². The first-order chi connectivity index (χ1) is 18.3. The van der Waals surface area contributed by atoms with E-state index in [0.29, 0.717) is 49.8 Å². The van der Waals surface area contributed by atoms with Gasteiger partial charge in [0.05, 0.1) is 18.8 Å². The van der Waals surface area contributed by atoms with Gasteiger partial charge >= 0.3 is 5.97 Å². The lowest BCUT2D eigenvalue weighted by molar-refractivity contribution is -0.143. The summed E-state index contributed by atoms with van der Waals surface area (Å²) in [6.45, 7) is 5.61. The molecule has 2 aromatic rings. The Morgan fingerprint density at radius 3 is 2.45 bits per heavy atom. The van der Waals surface area contributed by atoms with Crippen LogP contribution in [-0.4, -0.2) is 74.5 Å². The van der Waals surface area contributed by atoms with Gasteiger partial charge in [-0.05, 0) is 41.8 Å². The van der Waals surface area contributed by atoms with E-state index in [1.807, 2.05) is 56.3 Å². The number of carboxylic acids is 1. The lowest BCUT2D eigenvalue weighted by Gasteiger charge is -2.29. The largest absolute Gasteiger partial charge is 0.497 e. The second-order valence-electron chi connectivity index (χ2n) is 9.81. The van der Waals surface area contributed by atoms with E-state index in [1.54, 1.807) is 7.11 Å². The number of carbonyl (C=O) groups is 1. The molecule has 4 rings (SSSR count). The van der Waals surface area contributed by atoms with Gasteiger partial charge in [0.25, 0.3) is 0 Å². The van der Waals surface area contributed by atoms with Gasteiger partial charge in [0.2, 0.25) is 16.8 Å². The first kappa shape index (κ1) is 28.2. The van der Waals surface area contributed by atoms with Crippen LogP contribution in [0, 0.1) is 5.92 Å². The number of likely N-dealkylation sites (N-methyl/N-ethyl adjacent to an activating group) is 1. The first-order valence-corrected chi connectivity index (χ1v) is 14.9. The molecule has 10 heteroatoms. The summed E-state index contributed by atoms with van der Waals surface area (Å²) >= 11 is 0. The van der Waals surface area contributed by atoms with Crippen molar-refractivity contribution in [1.29, 1.82) is 0 Å². The van der Waals surface area contributed by atoms with Crippen molar-refractivity contribution in [3.63, 3.8) is 0 Å². The fourth-order valence-electron chi connectivity index (χ4n) is 5.54. The van der Waals surface area contributed by atoms with Crippen LogP contribution in [0.25, 0.3) is 0 Å². The SMILES string of the molecule is CCCCCS(=O)(=O)N(CC)CCN1CC(c2ccc3c(c2)OCO3)[C@H](C(=O)O)[C@H]1c1ccc(OC)cc1. The summed E-state index contributed by atoms with van der Waals surface area (Å²) in [6.07, 6.45) is 2.47. The van der Waals surface area contributed by atoms with Crippen molar-refractivity contribution in [2.24, 2.45) is 5.92 Å². The molecule has 2 heterocycles. The first-order valence-electron chi connectivity index (χ1n) is 13.3. The Labute approximate surface area is 225 Å². The molecule has 0 bridgehead atoms. The highest BCUT2D eigenvalue weighted by molar-refractivity contribution is 7.89. The molecule has 2 aliphatic heterocycles. The Bertz CT molecular complexity index is 1200. The monoisotopic (exact) mass is 546 g/mol. The minimum absolute atomic E-state index is 0.133. The lowest BCUT2D eigenvalue weighted by Crippen LogP contribution is -2.40. The third-order valence-corrected chi connectivity index (χ3v) is 9.59. The molecule has 1 N–H and O–H groups in total. The van der Waals surface area contributed by atoms with Gasteiger partial charge in [-0.15, -0.1) is 0 Å². The maximum Gasteiger partial charge on any atom is 0.309 e. The molecule has 0 saturated carbocycles. The van der Waals surface area contributed by atoms with E-state index in [9.17, 15) is 18.3 Å². The fourth-order valence-corrected chi connectivity index (χ4v) is 7.12. The highest BCUT2D eigenvalue weighted by atomic mass is 32.2. The summed E-state index contributed by atoms with van der Waals surface area (Å²) in [4.78, 5) is 14.9. The fraction of sp³-hybridized carbons (Fsp3) is 0.536. The highest BCUT2D eigenvalue weighted by Gasteiger charge is 2.47. The number of hydrogen-bond acceptors (Lipinski definition) is 7. The molecule has 0 amide bonds. The number of sulfonamides is 1. The number of rotatable bonds is 13. The van der Waals surface area contributed by atoms with Crippen LogP contribution >= 0.6 is 0 Å². The summed E-state index contributed by atoms with van der Waals surface area (Å²) in [7, 11) is -1.80. The Morgan fingerprint density at radius 1 is 1.08 bits per heavy atom. The average molecular weight is 547 g/mol. The van der Waals surface area contributed by atoms with Crippen LogP contribution in [0.1, 0.15) is 56.2 Å². The number of carboxylic acid groups (broad SMARTS) is 1. The minimum atomic E-state index is -3.39. The van der Waals surface area contributed by atoms with E-state index in [4.69, 9.17) is 14.2 Å². The topological polar surface area (TPSA) is 106 Å². The van der Waals surface area contributed by atoms with Crippen molar-refractivity contribution in [3.8, 4) is 17.2 Å². The average Bonchev–Trinajstić information content (AvgIpc) is 3.53. The van der Waals surface area contributed by atoms with Crippen molar-refractivity contribution in [1.82, 2.24) is 9.21 Å². The molecule has 2 aromatic carbocycles.